The Kier molecular flexibility index (Phi) is 2.89. The molecule has 0 unspecified atom stereocenters. The minimum absolute atomic E-state index is 0.272. The van der Waals surface area contributed by atoms with Gasteiger partial charge in [-0.05, 0) is 46.7 Å². The second kappa shape index (κ2) is 3.56. The maximum atomic E-state index is 10.5. The maximum absolute atomic E-state index is 10.5. The number of nitrogens with zero attached hydrogens (tertiary/aromatic N) is 1. The Balaban J connectivity index is 2.41. The molecule has 0 atom stereocenters. The molecule has 0 aliphatic carbocycles. The number of hydrogen-bond donors (Lipinski definition) is 0. The van der Waals surface area contributed by atoms with Crippen molar-refractivity contribution in [3.05, 3.63) is 0 Å². The summed E-state index contributed by atoms with van der Waals surface area (Å²) >= 11 is 0. The largest absolute Gasteiger partial charge is 0.303 e. The van der Waals surface area contributed by atoms with E-state index in [1.54, 1.807) is 0 Å². The number of hydrogen-bond acceptors (Lipinski definition) is 2. The molecule has 0 spiro atoms. The summed E-state index contributed by atoms with van der Waals surface area (Å²) in [6.45, 7) is 8.84. The lowest BCUT2D eigenvalue weighted by molar-refractivity contribution is -0.112. The van der Waals surface area contributed by atoms with Crippen molar-refractivity contribution >= 4 is 6.29 Å². The number of likely N-dealkylation sites (tertiary alicyclic amines) is 1. The van der Waals surface area contributed by atoms with Gasteiger partial charge in [0.15, 0.2) is 0 Å². The number of aldehydes is 1. The number of carbonyl (C=O) groups excluding carboxylic acids is 1. The molecule has 1 rings (SSSR count). The molecule has 0 amide bonds. The van der Waals surface area contributed by atoms with E-state index in [0.717, 1.165) is 32.2 Å². The monoisotopic (exact) mass is 169 g/mol. The quantitative estimate of drug-likeness (QED) is 0.557. The number of rotatable bonds is 1. The molecule has 0 saturated carbocycles. The normalized spacial score (nSPS) is 22.6. The summed E-state index contributed by atoms with van der Waals surface area (Å²) in [7, 11) is 0. The first-order valence-electron chi connectivity index (χ1n) is 4.74. The van der Waals surface area contributed by atoms with Crippen LogP contribution in [0.3, 0.4) is 0 Å². The van der Waals surface area contributed by atoms with Crippen LogP contribution in [0.4, 0.5) is 0 Å². The Morgan fingerprint density at radius 3 is 2.08 bits per heavy atom. The van der Waals surface area contributed by atoms with E-state index in [-0.39, 0.29) is 5.54 Å². The van der Waals surface area contributed by atoms with Gasteiger partial charge in [-0.1, -0.05) is 0 Å². The van der Waals surface area contributed by atoms with Crippen molar-refractivity contribution in [3.8, 4) is 0 Å². The van der Waals surface area contributed by atoms with Gasteiger partial charge < -0.3 is 4.79 Å². The maximum Gasteiger partial charge on any atom is 0.123 e. The van der Waals surface area contributed by atoms with Crippen molar-refractivity contribution in [2.24, 2.45) is 5.92 Å². The summed E-state index contributed by atoms with van der Waals surface area (Å²) in [5.41, 5.74) is 0.272. The Bertz CT molecular complexity index is 152. The summed E-state index contributed by atoms with van der Waals surface area (Å²) in [4.78, 5) is 12.9. The smallest absolute Gasteiger partial charge is 0.123 e. The Hall–Kier alpha value is -0.370. The van der Waals surface area contributed by atoms with Crippen LogP contribution >= 0.6 is 0 Å². The van der Waals surface area contributed by atoms with Crippen LogP contribution in [0.1, 0.15) is 33.6 Å². The molecule has 1 fully saturated rings. The molecule has 2 heteroatoms. The van der Waals surface area contributed by atoms with E-state index in [1.165, 1.54) is 0 Å². The highest BCUT2D eigenvalue weighted by atomic mass is 16.1. The molecule has 2 nitrogen and oxygen atoms in total. The van der Waals surface area contributed by atoms with E-state index >= 15 is 0 Å². The Morgan fingerprint density at radius 1 is 1.25 bits per heavy atom. The predicted octanol–water partition coefficient (Wildman–Crippen LogP) is 1.70. The van der Waals surface area contributed by atoms with Crippen LogP contribution < -0.4 is 0 Å². The van der Waals surface area contributed by atoms with Crippen molar-refractivity contribution in [2.45, 2.75) is 39.2 Å². The molecular weight excluding hydrogens is 150 g/mol. The van der Waals surface area contributed by atoms with Crippen LogP contribution in [0.25, 0.3) is 0 Å². The van der Waals surface area contributed by atoms with Gasteiger partial charge in [-0.15, -0.1) is 0 Å². The second-order valence-corrected chi connectivity index (χ2v) is 4.63. The van der Waals surface area contributed by atoms with Crippen LogP contribution in [0.5, 0.6) is 0 Å². The van der Waals surface area contributed by atoms with Crippen molar-refractivity contribution in [1.29, 1.82) is 0 Å². The molecule has 1 saturated heterocycles. The van der Waals surface area contributed by atoms with Gasteiger partial charge in [-0.3, -0.25) is 4.90 Å². The fraction of sp³-hybridized carbons (Fsp3) is 0.900. The van der Waals surface area contributed by atoms with Crippen LogP contribution in [-0.4, -0.2) is 29.8 Å². The van der Waals surface area contributed by atoms with Gasteiger partial charge in [-0.2, -0.15) is 0 Å². The zero-order valence-corrected chi connectivity index (χ0v) is 8.34. The van der Waals surface area contributed by atoms with E-state index in [1.807, 2.05) is 0 Å². The van der Waals surface area contributed by atoms with Crippen molar-refractivity contribution in [1.82, 2.24) is 4.90 Å². The van der Waals surface area contributed by atoms with Gasteiger partial charge in [0.05, 0.1) is 0 Å². The molecule has 12 heavy (non-hydrogen) atoms. The van der Waals surface area contributed by atoms with Crippen molar-refractivity contribution in [2.75, 3.05) is 13.1 Å². The number of piperidine rings is 1. The Labute approximate surface area is 74.9 Å². The summed E-state index contributed by atoms with van der Waals surface area (Å²) in [5, 5.41) is 0. The Morgan fingerprint density at radius 2 is 1.75 bits per heavy atom. The molecule has 1 heterocycles. The summed E-state index contributed by atoms with van der Waals surface area (Å²) in [5.74, 6) is 0.323. The van der Waals surface area contributed by atoms with Gasteiger partial charge in [0.2, 0.25) is 0 Å². The molecule has 1 aliphatic heterocycles. The highest BCUT2D eigenvalue weighted by Gasteiger charge is 2.26. The summed E-state index contributed by atoms with van der Waals surface area (Å²) in [6, 6.07) is 0. The highest BCUT2D eigenvalue weighted by Crippen LogP contribution is 2.22. The number of carbonyl (C=O) groups is 1. The molecular formula is C10H19NO. The molecule has 0 aromatic heterocycles. The average molecular weight is 169 g/mol. The van der Waals surface area contributed by atoms with Gasteiger partial charge >= 0.3 is 0 Å². The van der Waals surface area contributed by atoms with Crippen LogP contribution in [-0.2, 0) is 4.79 Å². The van der Waals surface area contributed by atoms with Gasteiger partial charge in [-0.25, -0.2) is 0 Å². The van der Waals surface area contributed by atoms with Crippen LogP contribution in [0.15, 0.2) is 0 Å². The fourth-order valence-electron chi connectivity index (χ4n) is 1.71. The third-order valence-corrected chi connectivity index (χ3v) is 2.68. The highest BCUT2D eigenvalue weighted by molar-refractivity contribution is 5.53. The molecule has 0 bridgehead atoms. The van der Waals surface area contributed by atoms with Crippen LogP contribution in [0, 0.1) is 5.92 Å². The zero-order valence-electron chi connectivity index (χ0n) is 8.34. The molecule has 70 valence electrons. The molecule has 0 radical (unpaired) electrons. The van der Waals surface area contributed by atoms with Crippen molar-refractivity contribution in [3.63, 3.8) is 0 Å². The first-order valence-corrected chi connectivity index (χ1v) is 4.74. The van der Waals surface area contributed by atoms with E-state index < -0.39 is 0 Å². The average Bonchev–Trinajstić information content (AvgIpc) is 2.03. The minimum Gasteiger partial charge on any atom is -0.303 e. The lowest BCUT2D eigenvalue weighted by Crippen LogP contribution is -2.46. The third kappa shape index (κ3) is 2.31. The SMILES string of the molecule is CC(C)(C)N1CCC(C=O)CC1. The third-order valence-electron chi connectivity index (χ3n) is 2.68. The summed E-state index contributed by atoms with van der Waals surface area (Å²) < 4.78 is 0. The molecule has 0 N–H and O–H groups in total. The van der Waals surface area contributed by atoms with Crippen molar-refractivity contribution < 1.29 is 4.79 Å². The lowest BCUT2D eigenvalue weighted by atomic mass is 9.94. The molecule has 1 aliphatic rings. The standard InChI is InChI=1S/C10H19NO/c1-10(2,3)11-6-4-9(8-12)5-7-11/h8-9H,4-7H2,1-3H3. The van der Waals surface area contributed by atoms with Gasteiger partial charge in [0, 0.05) is 11.5 Å². The predicted molar refractivity (Wildman–Crippen MR) is 50.1 cm³/mol. The molecule has 0 aromatic rings. The van der Waals surface area contributed by atoms with Gasteiger partial charge in [0.25, 0.3) is 0 Å². The molecule has 0 aromatic carbocycles. The van der Waals surface area contributed by atoms with E-state index in [9.17, 15) is 4.79 Å². The second-order valence-electron chi connectivity index (χ2n) is 4.63. The summed E-state index contributed by atoms with van der Waals surface area (Å²) in [6.07, 6.45) is 3.20. The zero-order chi connectivity index (χ0) is 9.19. The first-order chi connectivity index (χ1) is 5.54. The van der Waals surface area contributed by atoms with E-state index in [4.69, 9.17) is 0 Å². The minimum atomic E-state index is 0.272. The van der Waals surface area contributed by atoms with E-state index in [0.29, 0.717) is 5.92 Å². The van der Waals surface area contributed by atoms with Gasteiger partial charge in [0.1, 0.15) is 6.29 Å². The first kappa shape index (κ1) is 9.72. The topological polar surface area (TPSA) is 20.3 Å². The fourth-order valence-corrected chi connectivity index (χ4v) is 1.71. The van der Waals surface area contributed by atoms with E-state index in [2.05, 4.69) is 25.7 Å². The lowest BCUT2D eigenvalue weighted by Gasteiger charge is -2.39. The van der Waals surface area contributed by atoms with Crippen LogP contribution in [0.2, 0.25) is 0 Å².